The fraction of sp³-hybridized carbons (Fsp3) is 0.625. The zero-order valence-corrected chi connectivity index (χ0v) is 12.2. The summed E-state index contributed by atoms with van der Waals surface area (Å²) in [5, 5.41) is 0. The molecule has 1 aliphatic rings. The molecule has 1 unspecified atom stereocenters. The summed E-state index contributed by atoms with van der Waals surface area (Å²) >= 11 is 0. The first-order chi connectivity index (χ1) is 9.14. The average Bonchev–Trinajstić information content (AvgIpc) is 2.44. The Kier molecular flexibility index (Phi) is 4.35. The van der Waals surface area contributed by atoms with Crippen molar-refractivity contribution < 1.29 is 9.47 Å². The summed E-state index contributed by atoms with van der Waals surface area (Å²) < 4.78 is 11.9. The molecule has 3 nitrogen and oxygen atoms in total. The van der Waals surface area contributed by atoms with Crippen LogP contribution in [0.15, 0.2) is 18.2 Å². The first-order valence-electron chi connectivity index (χ1n) is 7.35. The lowest BCUT2D eigenvalue weighted by Gasteiger charge is -2.40. The summed E-state index contributed by atoms with van der Waals surface area (Å²) in [5.74, 6) is 1.77. The van der Waals surface area contributed by atoms with Gasteiger partial charge >= 0.3 is 0 Å². The largest absolute Gasteiger partial charge is 0.493 e. The molecule has 0 saturated carbocycles. The minimum atomic E-state index is -0.115. The van der Waals surface area contributed by atoms with Crippen molar-refractivity contribution in [2.24, 2.45) is 5.73 Å². The molecule has 2 N–H and O–H groups in total. The maximum Gasteiger partial charge on any atom is 0.128 e. The van der Waals surface area contributed by atoms with Crippen molar-refractivity contribution in [2.75, 3.05) is 6.61 Å². The summed E-state index contributed by atoms with van der Waals surface area (Å²) in [7, 11) is 0. The minimum Gasteiger partial charge on any atom is -0.493 e. The molecular weight excluding hydrogens is 238 g/mol. The Morgan fingerprint density at radius 1 is 1.32 bits per heavy atom. The molecule has 0 saturated heterocycles. The summed E-state index contributed by atoms with van der Waals surface area (Å²) in [6.07, 6.45) is 3.86. The SMILES string of the molecule is CCCOc1ccc2c(c1)OC(CC)(CC)CC2N. The third-order valence-electron chi connectivity index (χ3n) is 4.06. The number of hydrogen-bond donors (Lipinski definition) is 1. The molecule has 0 spiro atoms. The quantitative estimate of drug-likeness (QED) is 0.878. The van der Waals surface area contributed by atoms with Crippen LogP contribution in [0.1, 0.15) is 58.1 Å². The van der Waals surface area contributed by atoms with E-state index in [1.54, 1.807) is 0 Å². The number of benzene rings is 1. The van der Waals surface area contributed by atoms with Crippen LogP contribution in [0.2, 0.25) is 0 Å². The van der Waals surface area contributed by atoms with Gasteiger partial charge in [-0.2, -0.15) is 0 Å². The Bertz CT molecular complexity index is 427. The molecule has 19 heavy (non-hydrogen) atoms. The van der Waals surface area contributed by atoms with E-state index < -0.39 is 0 Å². The van der Waals surface area contributed by atoms with Crippen LogP contribution in [0.3, 0.4) is 0 Å². The van der Waals surface area contributed by atoms with E-state index in [0.29, 0.717) is 0 Å². The summed E-state index contributed by atoms with van der Waals surface area (Å²) in [6, 6.07) is 6.08. The Hall–Kier alpha value is -1.22. The van der Waals surface area contributed by atoms with E-state index in [9.17, 15) is 0 Å². The molecule has 0 radical (unpaired) electrons. The van der Waals surface area contributed by atoms with Crippen LogP contribution in [-0.2, 0) is 0 Å². The van der Waals surface area contributed by atoms with Gasteiger partial charge in [-0.25, -0.2) is 0 Å². The highest BCUT2D eigenvalue weighted by atomic mass is 16.5. The molecule has 106 valence electrons. The van der Waals surface area contributed by atoms with Crippen molar-refractivity contribution in [3.8, 4) is 11.5 Å². The van der Waals surface area contributed by atoms with Crippen LogP contribution in [0.25, 0.3) is 0 Å². The van der Waals surface area contributed by atoms with Crippen LogP contribution in [0.4, 0.5) is 0 Å². The van der Waals surface area contributed by atoms with Gasteiger partial charge in [0.15, 0.2) is 0 Å². The third kappa shape index (κ3) is 2.86. The normalized spacial score (nSPS) is 20.5. The summed E-state index contributed by atoms with van der Waals surface area (Å²) in [4.78, 5) is 0. The molecule has 1 aromatic rings. The molecule has 1 aliphatic heterocycles. The van der Waals surface area contributed by atoms with Crippen LogP contribution < -0.4 is 15.2 Å². The zero-order valence-electron chi connectivity index (χ0n) is 12.2. The smallest absolute Gasteiger partial charge is 0.128 e. The number of fused-ring (bicyclic) bond motifs is 1. The van der Waals surface area contributed by atoms with Crippen LogP contribution in [0.5, 0.6) is 11.5 Å². The van der Waals surface area contributed by atoms with E-state index >= 15 is 0 Å². The van der Waals surface area contributed by atoms with Gasteiger partial charge in [0, 0.05) is 24.1 Å². The van der Waals surface area contributed by atoms with Crippen LogP contribution in [-0.4, -0.2) is 12.2 Å². The molecule has 1 aromatic carbocycles. The van der Waals surface area contributed by atoms with Crippen molar-refractivity contribution in [3.63, 3.8) is 0 Å². The molecule has 1 heterocycles. The van der Waals surface area contributed by atoms with E-state index in [2.05, 4.69) is 20.8 Å². The molecule has 2 rings (SSSR count). The Morgan fingerprint density at radius 3 is 2.68 bits per heavy atom. The van der Waals surface area contributed by atoms with Crippen molar-refractivity contribution in [1.29, 1.82) is 0 Å². The lowest BCUT2D eigenvalue weighted by molar-refractivity contribution is 0.0279. The van der Waals surface area contributed by atoms with Crippen molar-refractivity contribution >= 4 is 0 Å². The van der Waals surface area contributed by atoms with E-state index in [-0.39, 0.29) is 11.6 Å². The van der Waals surface area contributed by atoms with Gasteiger partial charge < -0.3 is 15.2 Å². The van der Waals surface area contributed by atoms with Crippen LogP contribution >= 0.6 is 0 Å². The molecule has 0 amide bonds. The molecule has 3 heteroatoms. The van der Waals surface area contributed by atoms with Gasteiger partial charge in [-0.1, -0.05) is 26.8 Å². The van der Waals surface area contributed by atoms with E-state index in [0.717, 1.165) is 49.4 Å². The summed E-state index contributed by atoms with van der Waals surface area (Å²) in [6.45, 7) is 7.17. The number of rotatable bonds is 5. The average molecular weight is 263 g/mol. The minimum absolute atomic E-state index is 0.0591. The maximum atomic E-state index is 6.30. The van der Waals surface area contributed by atoms with Crippen molar-refractivity contribution in [2.45, 2.75) is 58.1 Å². The topological polar surface area (TPSA) is 44.5 Å². The van der Waals surface area contributed by atoms with Gasteiger partial charge in [-0.15, -0.1) is 0 Å². The standard InChI is InChI=1S/C16H25NO2/c1-4-9-18-12-7-8-13-14(17)11-16(5-2,6-3)19-15(13)10-12/h7-8,10,14H,4-6,9,11,17H2,1-3H3. The maximum absolute atomic E-state index is 6.30. The first-order valence-corrected chi connectivity index (χ1v) is 7.35. The monoisotopic (exact) mass is 263 g/mol. The van der Waals surface area contributed by atoms with Gasteiger partial charge in [-0.05, 0) is 25.3 Å². The van der Waals surface area contributed by atoms with Crippen molar-refractivity contribution in [3.05, 3.63) is 23.8 Å². The molecule has 1 atom stereocenters. The van der Waals surface area contributed by atoms with Crippen molar-refractivity contribution in [1.82, 2.24) is 0 Å². The lowest BCUT2D eigenvalue weighted by atomic mass is 9.84. The van der Waals surface area contributed by atoms with E-state index in [4.69, 9.17) is 15.2 Å². The molecule has 0 aliphatic carbocycles. The van der Waals surface area contributed by atoms with Gasteiger partial charge in [0.25, 0.3) is 0 Å². The lowest BCUT2D eigenvalue weighted by Crippen LogP contribution is -2.41. The fourth-order valence-electron chi connectivity index (χ4n) is 2.69. The van der Waals surface area contributed by atoms with E-state index in [1.165, 1.54) is 0 Å². The van der Waals surface area contributed by atoms with Gasteiger partial charge in [-0.3, -0.25) is 0 Å². The highest BCUT2D eigenvalue weighted by Gasteiger charge is 2.37. The Morgan fingerprint density at radius 2 is 2.05 bits per heavy atom. The summed E-state index contributed by atoms with van der Waals surface area (Å²) in [5.41, 5.74) is 7.29. The van der Waals surface area contributed by atoms with Gasteiger partial charge in [0.1, 0.15) is 17.1 Å². The Balaban J connectivity index is 2.27. The van der Waals surface area contributed by atoms with Gasteiger partial charge in [0.05, 0.1) is 6.61 Å². The predicted octanol–water partition coefficient (Wildman–Crippen LogP) is 3.82. The molecule has 0 aromatic heterocycles. The highest BCUT2D eigenvalue weighted by molar-refractivity contribution is 5.44. The van der Waals surface area contributed by atoms with E-state index in [1.807, 2.05) is 18.2 Å². The predicted molar refractivity (Wildman–Crippen MR) is 77.7 cm³/mol. The number of hydrogen-bond acceptors (Lipinski definition) is 3. The fourth-order valence-corrected chi connectivity index (χ4v) is 2.69. The second-order valence-electron chi connectivity index (χ2n) is 5.35. The second kappa shape index (κ2) is 5.83. The third-order valence-corrected chi connectivity index (χ3v) is 4.06. The highest BCUT2D eigenvalue weighted by Crippen LogP contribution is 2.43. The first kappa shape index (κ1) is 14.2. The molecule has 0 bridgehead atoms. The zero-order chi connectivity index (χ0) is 13.9. The van der Waals surface area contributed by atoms with Gasteiger partial charge in [0.2, 0.25) is 0 Å². The molecular formula is C16H25NO2. The molecule has 0 fully saturated rings. The second-order valence-corrected chi connectivity index (χ2v) is 5.35. The Labute approximate surface area is 116 Å². The number of nitrogens with two attached hydrogens (primary N) is 1. The number of ether oxygens (including phenoxy) is 2. The van der Waals surface area contributed by atoms with Crippen LogP contribution in [0, 0.1) is 0 Å².